The number of phenolic OH excluding ortho intramolecular Hbond substituents is 1. The number of benzene rings is 1. The van der Waals surface area contributed by atoms with E-state index in [-0.39, 0.29) is 23.1 Å². The number of Topliss-reactive ketones (excluding diaryl/α,β-unsaturated/α-hetero) is 1. The highest BCUT2D eigenvalue weighted by atomic mass is 16.5. The summed E-state index contributed by atoms with van der Waals surface area (Å²) < 4.78 is 5.79. The molecule has 1 aromatic rings. The zero-order valence-electron chi connectivity index (χ0n) is 9.78. The zero-order chi connectivity index (χ0) is 11.9. The van der Waals surface area contributed by atoms with Crippen molar-refractivity contribution in [2.45, 2.75) is 33.3 Å². The van der Waals surface area contributed by atoms with Gasteiger partial charge in [0.15, 0.2) is 5.78 Å². The number of ether oxygens (including phenoxy) is 1. The van der Waals surface area contributed by atoms with Gasteiger partial charge in [-0.05, 0) is 23.6 Å². The lowest BCUT2D eigenvalue weighted by molar-refractivity contribution is 0.0543. The summed E-state index contributed by atoms with van der Waals surface area (Å²) in [4.78, 5) is 11.9. The van der Waals surface area contributed by atoms with E-state index in [9.17, 15) is 9.90 Å². The Labute approximate surface area is 95.0 Å². The predicted molar refractivity (Wildman–Crippen MR) is 60.9 cm³/mol. The van der Waals surface area contributed by atoms with Gasteiger partial charge >= 0.3 is 0 Å². The number of hydrogen-bond donors (Lipinski definition) is 1. The standard InChI is InChI=1S/C13H16O3/c1-13(2,3)12-7-10(15)9-6-8(14)4-5-11(9)16-12/h4-6,12,14H,7H2,1-3H3. The average Bonchev–Trinajstić information content (AvgIpc) is 2.17. The van der Waals surface area contributed by atoms with E-state index in [4.69, 9.17) is 4.74 Å². The van der Waals surface area contributed by atoms with E-state index < -0.39 is 0 Å². The molecule has 1 aliphatic rings. The van der Waals surface area contributed by atoms with Gasteiger partial charge in [0.2, 0.25) is 0 Å². The van der Waals surface area contributed by atoms with E-state index in [1.54, 1.807) is 6.07 Å². The lowest BCUT2D eigenvalue weighted by Gasteiger charge is -2.34. The molecule has 0 saturated carbocycles. The summed E-state index contributed by atoms with van der Waals surface area (Å²) in [6.45, 7) is 6.16. The molecule has 1 unspecified atom stereocenters. The minimum absolute atomic E-state index is 0.0390. The molecular weight excluding hydrogens is 204 g/mol. The monoisotopic (exact) mass is 220 g/mol. The summed E-state index contributed by atoms with van der Waals surface area (Å²) >= 11 is 0. The van der Waals surface area contributed by atoms with Crippen molar-refractivity contribution in [1.82, 2.24) is 0 Å². The fourth-order valence-corrected chi connectivity index (χ4v) is 1.79. The van der Waals surface area contributed by atoms with Crippen LogP contribution in [0, 0.1) is 5.41 Å². The van der Waals surface area contributed by atoms with Crippen molar-refractivity contribution in [1.29, 1.82) is 0 Å². The van der Waals surface area contributed by atoms with Crippen molar-refractivity contribution >= 4 is 5.78 Å². The molecule has 0 fully saturated rings. The molecule has 1 heterocycles. The fraction of sp³-hybridized carbons (Fsp3) is 0.462. The average molecular weight is 220 g/mol. The Morgan fingerprint density at radius 2 is 2.06 bits per heavy atom. The summed E-state index contributed by atoms with van der Waals surface area (Å²) in [6, 6.07) is 4.66. The van der Waals surface area contributed by atoms with Gasteiger partial charge in [-0.1, -0.05) is 20.8 Å². The second kappa shape index (κ2) is 3.51. The number of ketones is 1. The molecule has 0 spiro atoms. The second-order valence-corrected chi connectivity index (χ2v) is 5.28. The first kappa shape index (κ1) is 11.0. The molecule has 3 nitrogen and oxygen atoms in total. The van der Waals surface area contributed by atoms with Gasteiger partial charge in [0.05, 0.1) is 5.56 Å². The maximum absolute atomic E-state index is 11.9. The third-order valence-corrected chi connectivity index (χ3v) is 2.87. The molecule has 1 N–H and O–H groups in total. The van der Waals surface area contributed by atoms with E-state index in [1.165, 1.54) is 12.1 Å². The highest BCUT2D eigenvalue weighted by molar-refractivity contribution is 6.00. The molecular formula is C13H16O3. The maximum atomic E-state index is 11.9. The third kappa shape index (κ3) is 1.90. The molecule has 3 heteroatoms. The summed E-state index contributed by atoms with van der Waals surface area (Å²) in [5.74, 6) is 0.718. The van der Waals surface area contributed by atoms with Crippen LogP contribution in [-0.2, 0) is 0 Å². The van der Waals surface area contributed by atoms with Crippen molar-refractivity contribution < 1.29 is 14.6 Å². The first-order chi connectivity index (χ1) is 7.38. The summed E-state index contributed by atoms with van der Waals surface area (Å²) in [5.41, 5.74) is 0.422. The van der Waals surface area contributed by atoms with Gasteiger partial charge in [-0.3, -0.25) is 4.79 Å². The van der Waals surface area contributed by atoms with Crippen molar-refractivity contribution in [2.75, 3.05) is 0 Å². The molecule has 0 amide bonds. The van der Waals surface area contributed by atoms with Crippen LogP contribution in [0.15, 0.2) is 18.2 Å². The zero-order valence-corrected chi connectivity index (χ0v) is 9.78. The molecule has 0 bridgehead atoms. The quantitative estimate of drug-likeness (QED) is 0.731. The molecule has 0 saturated heterocycles. The molecule has 0 aliphatic carbocycles. The highest BCUT2D eigenvalue weighted by Gasteiger charge is 2.34. The Kier molecular flexibility index (Phi) is 2.41. The molecule has 0 radical (unpaired) electrons. The number of hydrogen-bond acceptors (Lipinski definition) is 3. The van der Waals surface area contributed by atoms with Crippen LogP contribution < -0.4 is 4.74 Å². The van der Waals surface area contributed by atoms with Crippen molar-refractivity contribution in [3.8, 4) is 11.5 Å². The Bertz CT molecular complexity index is 429. The van der Waals surface area contributed by atoms with Gasteiger partial charge in [0, 0.05) is 6.42 Å². The molecule has 0 aromatic heterocycles. The van der Waals surface area contributed by atoms with Gasteiger partial charge in [-0.25, -0.2) is 0 Å². The van der Waals surface area contributed by atoms with Crippen LogP contribution in [0.25, 0.3) is 0 Å². The predicted octanol–water partition coefficient (Wildman–Crippen LogP) is 2.77. The molecule has 1 aliphatic heterocycles. The van der Waals surface area contributed by atoms with Crippen LogP contribution in [-0.4, -0.2) is 17.0 Å². The summed E-state index contributed by atoms with van der Waals surface area (Å²) in [5, 5.41) is 9.32. The van der Waals surface area contributed by atoms with Gasteiger partial charge in [0.25, 0.3) is 0 Å². The van der Waals surface area contributed by atoms with E-state index in [2.05, 4.69) is 20.8 Å². The van der Waals surface area contributed by atoms with Crippen molar-refractivity contribution in [3.63, 3.8) is 0 Å². The Morgan fingerprint density at radius 1 is 1.38 bits per heavy atom. The molecule has 86 valence electrons. The number of rotatable bonds is 0. The number of phenols is 1. The molecule has 16 heavy (non-hydrogen) atoms. The summed E-state index contributed by atoms with van der Waals surface area (Å²) in [7, 11) is 0. The van der Waals surface area contributed by atoms with Crippen LogP contribution in [0.5, 0.6) is 11.5 Å². The van der Waals surface area contributed by atoms with Crippen LogP contribution in [0.3, 0.4) is 0 Å². The number of fused-ring (bicyclic) bond motifs is 1. The highest BCUT2D eigenvalue weighted by Crippen LogP contribution is 2.36. The molecule has 1 atom stereocenters. The number of aromatic hydroxyl groups is 1. The van der Waals surface area contributed by atoms with Gasteiger partial charge in [-0.2, -0.15) is 0 Å². The lowest BCUT2D eigenvalue weighted by Crippen LogP contribution is -2.37. The second-order valence-electron chi connectivity index (χ2n) is 5.28. The van der Waals surface area contributed by atoms with Gasteiger partial charge in [0.1, 0.15) is 17.6 Å². The van der Waals surface area contributed by atoms with Crippen LogP contribution in [0.1, 0.15) is 37.6 Å². The van der Waals surface area contributed by atoms with Crippen LogP contribution >= 0.6 is 0 Å². The Hall–Kier alpha value is -1.51. The topological polar surface area (TPSA) is 46.5 Å². The maximum Gasteiger partial charge on any atom is 0.170 e. The lowest BCUT2D eigenvalue weighted by atomic mass is 9.83. The third-order valence-electron chi connectivity index (χ3n) is 2.87. The first-order valence-electron chi connectivity index (χ1n) is 5.41. The van der Waals surface area contributed by atoms with Crippen molar-refractivity contribution in [3.05, 3.63) is 23.8 Å². The smallest absolute Gasteiger partial charge is 0.170 e. The Morgan fingerprint density at radius 3 is 2.69 bits per heavy atom. The van der Waals surface area contributed by atoms with Crippen LogP contribution in [0.4, 0.5) is 0 Å². The number of carbonyl (C=O) groups excluding carboxylic acids is 1. The van der Waals surface area contributed by atoms with Crippen molar-refractivity contribution in [2.24, 2.45) is 5.41 Å². The summed E-state index contributed by atoms with van der Waals surface area (Å²) in [6.07, 6.45) is 0.275. The minimum atomic E-state index is -0.1000. The van der Waals surface area contributed by atoms with Crippen LogP contribution in [0.2, 0.25) is 0 Å². The first-order valence-corrected chi connectivity index (χ1v) is 5.41. The molecule has 2 rings (SSSR count). The SMILES string of the molecule is CC(C)(C)C1CC(=O)c2cc(O)ccc2O1. The van der Waals surface area contributed by atoms with E-state index in [0.29, 0.717) is 17.7 Å². The van der Waals surface area contributed by atoms with Gasteiger partial charge < -0.3 is 9.84 Å². The van der Waals surface area contributed by atoms with E-state index in [1.807, 2.05) is 0 Å². The normalized spacial score (nSPS) is 20.2. The minimum Gasteiger partial charge on any atom is -0.508 e. The van der Waals surface area contributed by atoms with E-state index in [0.717, 1.165) is 0 Å². The fourth-order valence-electron chi connectivity index (χ4n) is 1.79. The largest absolute Gasteiger partial charge is 0.508 e. The molecule has 1 aromatic carbocycles. The Balaban J connectivity index is 2.38. The van der Waals surface area contributed by atoms with Gasteiger partial charge in [-0.15, -0.1) is 0 Å². The number of carbonyl (C=O) groups is 1. The van der Waals surface area contributed by atoms with E-state index >= 15 is 0 Å².